The van der Waals surface area contributed by atoms with Crippen LogP contribution in [0.15, 0.2) is 0 Å². The van der Waals surface area contributed by atoms with Crippen LogP contribution < -0.4 is 10.6 Å². The molecule has 0 radical (unpaired) electrons. The van der Waals surface area contributed by atoms with Crippen molar-refractivity contribution < 1.29 is 0 Å². The molecule has 0 aromatic heterocycles. The van der Waals surface area contributed by atoms with E-state index in [4.69, 9.17) is 0 Å². The zero-order chi connectivity index (χ0) is 7.84. The summed E-state index contributed by atoms with van der Waals surface area (Å²) < 4.78 is 0. The van der Waals surface area contributed by atoms with E-state index in [0.29, 0.717) is 6.04 Å². The van der Waals surface area contributed by atoms with Gasteiger partial charge in [0, 0.05) is 18.1 Å². The molecular formula is C9H18N2. The first-order valence-corrected chi connectivity index (χ1v) is 4.75. The lowest BCUT2D eigenvalue weighted by molar-refractivity contribution is 0.346. The van der Waals surface area contributed by atoms with Crippen LogP contribution in [0.1, 0.15) is 26.7 Å². The third-order valence-electron chi connectivity index (χ3n) is 2.91. The minimum Gasteiger partial charge on any atom is -0.314 e. The van der Waals surface area contributed by atoms with E-state index in [9.17, 15) is 0 Å². The molecule has 1 saturated carbocycles. The van der Waals surface area contributed by atoms with Gasteiger partial charge in [0.1, 0.15) is 0 Å². The van der Waals surface area contributed by atoms with Crippen molar-refractivity contribution in [1.29, 1.82) is 0 Å². The van der Waals surface area contributed by atoms with Crippen LogP contribution in [-0.4, -0.2) is 24.7 Å². The summed E-state index contributed by atoms with van der Waals surface area (Å²) in [5, 5.41) is 7.15. The predicted octanol–water partition coefficient (Wildman–Crippen LogP) is 0.735. The van der Waals surface area contributed by atoms with Crippen molar-refractivity contribution >= 4 is 0 Å². The monoisotopic (exact) mass is 154 g/mol. The zero-order valence-electron chi connectivity index (χ0n) is 7.43. The van der Waals surface area contributed by atoms with Gasteiger partial charge in [0.15, 0.2) is 0 Å². The van der Waals surface area contributed by atoms with Gasteiger partial charge in [-0.3, -0.25) is 0 Å². The molecule has 0 spiro atoms. The van der Waals surface area contributed by atoms with E-state index >= 15 is 0 Å². The number of hydrogen-bond acceptors (Lipinski definition) is 2. The van der Waals surface area contributed by atoms with Crippen molar-refractivity contribution in [3.05, 3.63) is 0 Å². The molecule has 3 atom stereocenters. The van der Waals surface area contributed by atoms with Gasteiger partial charge in [-0.1, -0.05) is 13.8 Å². The quantitative estimate of drug-likeness (QED) is 0.613. The molecule has 2 nitrogen and oxygen atoms in total. The average Bonchev–Trinajstić information content (AvgIpc) is 2.45. The predicted molar refractivity (Wildman–Crippen MR) is 46.6 cm³/mol. The van der Waals surface area contributed by atoms with Crippen molar-refractivity contribution in [3.63, 3.8) is 0 Å². The van der Waals surface area contributed by atoms with Crippen molar-refractivity contribution in [2.24, 2.45) is 5.92 Å². The van der Waals surface area contributed by atoms with E-state index in [1.807, 2.05) is 0 Å². The molecule has 2 rings (SSSR count). The van der Waals surface area contributed by atoms with Gasteiger partial charge in [-0.2, -0.15) is 0 Å². The van der Waals surface area contributed by atoms with Crippen LogP contribution in [0.4, 0.5) is 0 Å². The molecule has 0 amide bonds. The van der Waals surface area contributed by atoms with Crippen LogP contribution in [0, 0.1) is 5.92 Å². The van der Waals surface area contributed by atoms with Crippen molar-refractivity contribution in [2.75, 3.05) is 6.54 Å². The van der Waals surface area contributed by atoms with Gasteiger partial charge in [0.05, 0.1) is 0 Å². The first-order valence-electron chi connectivity index (χ1n) is 4.75. The molecule has 1 saturated heterocycles. The van der Waals surface area contributed by atoms with Gasteiger partial charge in [0.25, 0.3) is 0 Å². The summed E-state index contributed by atoms with van der Waals surface area (Å²) in [4.78, 5) is 0. The van der Waals surface area contributed by atoms with Gasteiger partial charge in [-0.15, -0.1) is 0 Å². The summed E-state index contributed by atoms with van der Waals surface area (Å²) in [6.07, 6.45) is 2.76. The molecule has 2 aliphatic rings. The van der Waals surface area contributed by atoms with Crippen molar-refractivity contribution in [2.45, 2.75) is 44.8 Å². The minimum atomic E-state index is 0.652. The lowest BCUT2D eigenvalue weighted by Gasteiger charge is -2.25. The number of fused-ring (bicyclic) bond motifs is 2. The van der Waals surface area contributed by atoms with E-state index in [-0.39, 0.29) is 0 Å². The fraction of sp³-hybridized carbons (Fsp3) is 1.00. The van der Waals surface area contributed by atoms with Gasteiger partial charge in [-0.05, 0) is 25.3 Å². The third-order valence-corrected chi connectivity index (χ3v) is 2.91. The van der Waals surface area contributed by atoms with Gasteiger partial charge < -0.3 is 10.6 Å². The maximum Gasteiger partial charge on any atom is 0.0125 e. The molecule has 0 aromatic carbocycles. The summed E-state index contributed by atoms with van der Waals surface area (Å²) >= 11 is 0. The Morgan fingerprint density at radius 2 is 2.18 bits per heavy atom. The highest BCUT2D eigenvalue weighted by molar-refractivity contribution is 4.99. The molecule has 3 unspecified atom stereocenters. The molecule has 0 aromatic rings. The number of nitrogens with one attached hydrogen (secondary N) is 2. The standard InChI is InChI=1S/C9H18N2/c1-6(2)11-9-4-8-3-7(9)5-10-8/h6-11H,3-5H2,1-2H3. The fourth-order valence-corrected chi connectivity index (χ4v) is 2.47. The summed E-state index contributed by atoms with van der Waals surface area (Å²) in [6, 6.07) is 2.29. The Morgan fingerprint density at radius 3 is 2.64 bits per heavy atom. The highest BCUT2D eigenvalue weighted by Gasteiger charge is 2.39. The molecule has 2 bridgehead atoms. The van der Waals surface area contributed by atoms with Crippen LogP contribution in [0.2, 0.25) is 0 Å². The van der Waals surface area contributed by atoms with Crippen molar-refractivity contribution in [1.82, 2.24) is 10.6 Å². The largest absolute Gasteiger partial charge is 0.314 e. The molecule has 64 valence electrons. The minimum absolute atomic E-state index is 0.652. The van der Waals surface area contributed by atoms with E-state index in [2.05, 4.69) is 24.5 Å². The summed E-state index contributed by atoms with van der Waals surface area (Å²) in [5.74, 6) is 0.919. The smallest absolute Gasteiger partial charge is 0.0125 e. The highest BCUT2D eigenvalue weighted by Crippen LogP contribution is 2.31. The Hall–Kier alpha value is -0.0800. The first kappa shape index (κ1) is 7.56. The number of rotatable bonds is 2. The SMILES string of the molecule is CC(C)NC1CC2CC1CN2. The Labute approximate surface area is 68.7 Å². The average molecular weight is 154 g/mol. The maximum atomic E-state index is 3.63. The summed E-state index contributed by atoms with van der Waals surface area (Å²) in [6.45, 7) is 5.72. The molecular weight excluding hydrogens is 136 g/mol. The lowest BCUT2D eigenvalue weighted by atomic mass is 10.0. The normalized spacial score (nSPS) is 42.3. The molecule has 11 heavy (non-hydrogen) atoms. The lowest BCUT2D eigenvalue weighted by Crippen LogP contribution is -2.44. The number of piperidine rings is 1. The molecule has 1 aliphatic heterocycles. The van der Waals surface area contributed by atoms with Crippen LogP contribution in [0.25, 0.3) is 0 Å². The molecule has 1 aliphatic carbocycles. The summed E-state index contributed by atoms with van der Waals surface area (Å²) in [7, 11) is 0. The van der Waals surface area contributed by atoms with Gasteiger partial charge >= 0.3 is 0 Å². The molecule has 1 heterocycles. The fourth-order valence-electron chi connectivity index (χ4n) is 2.47. The Balaban J connectivity index is 1.87. The van der Waals surface area contributed by atoms with E-state index in [0.717, 1.165) is 18.0 Å². The molecule has 2 fully saturated rings. The second kappa shape index (κ2) is 2.76. The topological polar surface area (TPSA) is 24.1 Å². The zero-order valence-corrected chi connectivity index (χ0v) is 7.43. The van der Waals surface area contributed by atoms with Crippen LogP contribution in [-0.2, 0) is 0 Å². The second-order valence-corrected chi connectivity index (χ2v) is 4.26. The first-order chi connectivity index (χ1) is 5.25. The molecule has 2 heteroatoms. The van der Waals surface area contributed by atoms with E-state index < -0.39 is 0 Å². The van der Waals surface area contributed by atoms with Crippen LogP contribution >= 0.6 is 0 Å². The highest BCUT2D eigenvalue weighted by atomic mass is 15.1. The van der Waals surface area contributed by atoms with Gasteiger partial charge in [0.2, 0.25) is 0 Å². The van der Waals surface area contributed by atoms with Crippen molar-refractivity contribution in [3.8, 4) is 0 Å². The Bertz CT molecular complexity index is 144. The Morgan fingerprint density at radius 1 is 1.36 bits per heavy atom. The third kappa shape index (κ3) is 1.42. The molecule has 2 N–H and O–H groups in total. The van der Waals surface area contributed by atoms with Gasteiger partial charge in [-0.25, -0.2) is 0 Å². The Kier molecular flexibility index (Phi) is 1.90. The van der Waals surface area contributed by atoms with Crippen LogP contribution in [0.5, 0.6) is 0 Å². The number of hydrogen-bond donors (Lipinski definition) is 2. The summed E-state index contributed by atoms with van der Waals surface area (Å²) in [5.41, 5.74) is 0. The second-order valence-electron chi connectivity index (χ2n) is 4.26. The van der Waals surface area contributed by atoms with Crippen LogP contribution in [0.3, 0.4) is 0 Å². The van der Waals surface area contributed by atoms with E-state index in [1.165, 1.54) is 19.4 Å². The van der Waals surface area contributed by atoms with E-state index in [1.54, 1.807) is 0 Å². The maximum absolute atomic E-state index is 3.63.